The van der Waals surface area contributed by atoms with Gasteiger partial charge in [0.1, 0.15) is 0 Å². The second kappa shape index (κ2) is 3.64. The Labute approximate surface area is 76.6 Å². The lowest BCUT2D eigenvalue weighted by Gasteiger charge is -2.02. The molecule has 0 radical (unpaired) electrons. The normalized spacial score (nSPS) is 25.3. The van der Waals surface area contributed by atoms with Crippen molar-refractivity contribution in [1.82, 2.24) is 4.90 Å². The third kappa shape index (κ3) is 1.74. The van der Waals surface area contributed by atoms with Gasteiger partial charge in [0.15, 0.2) is 6.04 Å². The molecule has 0 aromatic heterocycles. The number of carbonyl (C=O) groups is 2. The SMILES string of the molecule is CCOC(=O)N1[C@H](C)[C@H]1C(=O)OC. The Bertz CT molecular complexity index is 228. The Morgan fingerprint density at radius 2 is 2.08 bits per heavy atom. The van der Waals surface area contributed by atoms with Crippen molar-refractivity contribution in [3.63, 3.8) is 0 Å². The standard InChI is InChI=1S/C8H13NO4/c1-4-13-8(11)9-5(2)6(9)7(10)12-3/h5-6H,4H2,1-3H3/t5-,6+,9?/m1/s1. The molecule has 0 aromatic carbocycles. The highest BCUT2D eigenvalue weighted by atomic mass is 16.6. The highest BCUT2D eigenvalue weighted by molar-refractivity contribution is 5.87. The van der Waals surface area contributed by atoms with Crippen LogP contribution in [0.3, 0.4) is 0 Å². The minimum atomic E-state index is -0.455. The van der Waals surface area contributed by atoms with Gasteiger partial charge in [0.2, 0.25) is 0 Å². The van der Waals surface area contributed by atoms with Crippen LogP contribution in [0.4, 0.5) is 4.79 Å². The number of methoxy groups -OCH3 is 1. The van der Waals surface area contributed by atoms with Crippen molar-refractivity contribution in [3.8, 4) is 0 Å². The van der Waals surface area contributed by atoms with Crippen LogP contribution < -0.4 is 0 Å². The molecule has 2 atom stereocenters. The van der Waals surface area contributed by atoms with E-state index in [-0.39, 0.29) is 12.0 Å². The molecule has 0 bridgehead atoms. The zero-order valence-electron chi connectivity index (χ0n) is 7.94. The lowest BCUT2D eigenvalue weighted by Crippen LogP contribution is -2.20. The van der Waals surface area contributed by atoms with E-state index in [1.165, 1.54) is 12.0 Å². The molecule has 0 spiro atoms. The van der Waals surface area contributed by atoms with Crippen LogP contribution in [0.1, 0.15) is 13.8 Å². The summed E-state index contributed by atoms with van der Waals surface area (Å²) in [5.41, 5.74) is 0. The summed E-state index contributed by atoms with van der Waals surface area (Å²) in [6.45, 7) is 3.81. The Morgan fingerprint density at radius 1 is 1.46 bits per heavy atom. The molecule has 1 aliphatic rings. The molecule has 1 saturated heterocycles. The maximum Gasteiger partial charge on any atom is 0.410 e. The average molecular weight is 187 g/mol. The number of nitrogens with zero attached hydrogens (tertiary/aromatic N) is 1. The maximum absolute atomic E-state index is 11.1. The minimum absolute atomic E-state index is 0.105. The maximum atomic E-state index is 11.1. The Hall–Kier alpha value is -1.26. The van der Waals surface area contributed by atoms with Gasteiger partial charge in [0, 0.05) is 0 Å². The first kappa shape index (κ1) is 9.83. The van der Waals surface area contributed by atoms with Crippen molar-refractivity contribution in [3.05, 3.63) is 0 Å². The first-order chi connectivity index (χ1) is 6.13. The lowest BCUT2D eigenvalue weighted by atomic mass is 10.3. The first-order valence-electron chi connectivity index (χ1n) is 4.16. The number of hydrogen-bond acceptors (Lipinski definition) is 4. The summed E-state index contributed by atoms with van der Waals surface area (Å²) < 4.78 is 9.26. The van der Waals surface area contributed by atoms with E-state index in [9.17, 15) is 9.59 Å². The summed E-state index contributed by atoms with van der Waals surface area (Å²) in [5, 5.41) is 0. The average Bonchev–Trinajstić information content (AvgIpc) is 2.76. The quantitative estimate of drug-likeness (QED) is 0.463. The van der Waals surface area contributed by atoms with Crippen LogP contribution in [0.25, 0.3) is 0 Å². The predicted octanol–water partition coefficient (Wildman–Crippen LogP) is 0.389. The zero-order chi connectivity index (χ0) is 10.0. The molecule has 0 aromatic rings. The van der Waals surface area contributed by atoms with Crippen LogP contribution in [0.15, 0.2) is 0 Å². The number of amides is 1. The topological polar surface area (TPSA) is 55.6 Å². The van der Waals surface area contributed by atoms with Crippen LogP contribution in [0.5, 0.6) is 0 Å². The molecule has 1 rings (SSSR count). The summed E-state index contributed by atoms with van der Waals surface area (Å²) in [4.78, 5) is 23.5. The second-order valence-corrected chi connectivity index (χ2v) is 2.81. The van der Waals surface area contributed by atoms with Gasteiger partial charge in [-0.25, -0.2) is 9.59 Å². The number of ether oxygens (including phenoxy) is 2. The molecule has 13 heavy (non-hydrogen) atoms. The smallest absolute Gasteiger partial charge is 0.410 e. The molecule has 5 nitrogen and oxygen atoms in total. The fourth-order valence-electron chi connectivity index (χ4n) is 1.26. The molecular weight excluding hydrogens is 174 g/mol. The fraction of sp³-hybridized carbons (Fsp3) is 0.750. The van der Waals surface area contributed by atoms with Crippen molar-refractivity contribution < 1.29 is 19.1 Å². The van der Waals surface area contributed by atoms with Crippen LogP contribution in [-0.4, -0.2) is 42.8 Å². The van der Waals surface area contributed by atoms with Crippen molar-refractivity contribution in [2.24, 2.45) is 0 Å². The molecule has 1 amide bonds. The van der Waals surface area contributed by atoms with Crippen molar-refractivity contribution in [2.45, 2.75) is 25.9 Å². The van der Waals surface area contributed by atoms with Gasteiger partial charge in [-0.3, -0.25) is 4.90 Å². The summed E-state index contributed by atoms with van der Waals surface area (Å²) in [6, 6.07) is -0.560. The Kier molecular flexibility index (Phi) is 2.75. The van der Waals surface area contributed by atoms with E-state index < -0.39 is 12.1 Å². The molecular formula is C8H13NO4. The van der Waals surface area contributed by atoms with Crippen LogP contribution in [-0.2, 0) is 14.3 Å². The van der Waals surface area contributed by atoms with Gasteiger partial charge in [0.05, 0.1) is 19.8 Å². The van der Waals surface area contributed by atoms with Crippen molar-refractivity contribution in [1.29, 1.82) is 0 Å². The third-order valence-corrected chi connectivity index (χ3v) is 2.03. The van der Waals surface area contributed by atoms with E-state index in [2.05, 4.69) is 4.74 Å². The van der Waals surface area contributed by atoms with E-state index in [0.29, 0.717) is 6.61 Å². The first-order valence-corrected chi connectivity index (χ1v) is 4.16. The largest absolute Gasteiger partial charge is 0.467 e. The molecule has 0 unspecified atom stereocenters. The second-order valence-electron chi connectivity index (χ2n) is 2.81. The predicted molar refractivity (Wildman–Crippen MR) is 44.1 cm³/mol. The van der Waals surface area contributed by atoms with E-state index in [1.54, 1.807) is 13.8 Å². The highest BCUT2D eigenvalue weighted by Gasteiger charge is 2.54. The minimum Gasteiger partial charge on any atom is -0.467 e. The molecule has 1 heterocycles. The van der Waals surface area contributed by atoms with Crippen LogP contribution in [0, 0.1) is 0 Å². The van der Waals surface area contributed by atoms with Gasteiger partial charge in [-0.1, -0.05) is 0 Å². The number of carbonyl (C=O) groups excluding carboxylic acids is 2. The molecule has 0 aliphatic carbocycles. The van der Waals surface area contributed by atoms with Gasteiger partial charge in [-0.15, -0.1) is 0 Å². The summed E-state index contributed by atoms with van der Waals surface area (Å²) >= 11 is 0. The van der Waals surface area contributed by atoms with Gasteiger partial charge in [-0.05, 0) is 13.8 Å². The highest BCUT2D eigenvalue weighted by Crippen LogP contribution is 2.29. The summed E-state index contributed by atoms with van der Waals surface area (Å²) in [7, 11) is 1.30. The van der Waals surface area contributed by atoms with Gasteiger partial charge in [-0.2, -0.15) is 0 Å². The van der Waals surface area contributed by atoms with E-state index >= 15 is 0 Å². The van der Waals surface area contributed by atoms with Crippen molar-refractivity contribution >= 4 is 12.1 Å². The zero-order valence-corrected chi connectivity index (χ0v) is 7.94. The van der Waals surface area contributed by atoms with Crippen molar-refractivity contribution in [2.75, 3.05) is 13.7 Å². The van der Waals surface area contributed by atoms with Gasteiger partial charge < -0.3 is 9.47 Å². The van der Waals surface area contributed by atoms with E-state index in [4.69, 9.17) is 4.74 Å². The molecule has 0 saturated carbocycles. The lowest BCUT2D eigenvalue weighted by molar-refractivity contribution is -0.140. The molecule has 1 aliphatic heterocycles. The van der Waals surface area contributed by atoms with Crippen LogP contribution >= 0.6 is 0 Å². The van der Waals surface area contributed by atoms with Gasteiger partial charge >= 0.3 is 12.1 Å². The number of rotatable bonds is 2. The third-order valence-electron chi connectivity index (χ3n) is 2.03. The van der Waals surface area contributed by atoms with E-state index in [1.807, 2.05) is 0 Å². The Balaban J connectivity index is 2.48. The number of hydrogen-bond donors (Lipinski definition) is 0. The molecule has 1 fully saturated rings. The van der Waals surface area contributed by atoms with Gasteiger partial charge in [0.25, 0.3) is 0 Å². The molecule has 5 heteroatoms. The summed E-state index contributed by atoms with van der Waals surface area (Å²) in [5.74, 6) is -0.388. The monoisotopic (exact) mass is 187 g/mol. The van der Waals surface area contributed by atoms with Crippen LogP contribution in [0.2, 0.25) is 0 Å². The fourth-order valence-corrected chi connectivity index (χ4v) is 1.26. The Morgan fingerprint density at radius 3 is 2.54 bits per heavy atom. The van der Waals surface area contributed by atoms with E-state index in [0.717, 1.165) is 0 Å². The molecule has 0 N–H and O–H groups in total. The summed E-state index contributed by atoms with van der Waals surface area (Å²) in [6.07, 6.45) is -0.453. The number of esters is 1. The molecule has 74 valence electrons.